The van der Waals surface area contributed by atoms with Crippen LogP contribution in [-0.2, 0) is 0 Å². The maximum atomic E-state index is 9.55. The molecule has 0 amide bonds. The summed E-state index contributed by atoms with van der Waals surface area (Å²) in [5.41, 5.74) is 5.41. The number of oxime groups is 1. The number of aliphatic hydroxyl groups excluding tert-OH is 1. The number of nitrogens with two attached hydrogens (primary N) is 1. The molecule has 0 aromatic carbocycles. The zero-order chi connectivity index (χ0) is 13.8. The number of piperidine rings is 1. The van der Waals surface area contributed by atoms with Crippen LogP contribution >= 0.6 is 0 Å². The molecule has 1 atom stereocenters. The number of amidine groups is 1. The molecular weight excluding hydrogens is 230 g/mol. The Hall–Kier alpha value is -0.810. The second kappa shape index (κ2) is 6.38. The van der Waals surface area contributed by atoms with Crippen molar-refractivity contribution in [1.29, 1.82) is 0 Å². The first-order valence-electron chi connectivity index (χ1n) is 6.75. The van der Waals surface area contributed by atoms with Crippen molar-refractivity contribution < 1.29 is 10.3 Å². The molecule has 0 saturated carbocycles. The minimum atomic E-state index is -0.268. The number of rotatable bonds is 5. The molecule has 4 N–H and O–H groups in total. The van der Waals surface area contributed by atoms with Crippen molar-refractivity contribution in [2.24, 2.45) is 22.2 Å². The zero-order valence-corrected chi connectivity index (χ0v) is 11.8. The molecule has 5 heteroatoms. The number of hydrogen-bond donors (Lipinski definition) is 3. The van der Waals surface area contributed by atoms with Gasteiger partial charge in [0.2, 0.25) is 0 Å². The lowest BCUT2D eigenvalue weighted by Crippen LogP contribution is -2.40. The van der Waals surface area contributed by atoms with Crippen molar-refractivity contribution >= 4 is 5.84 Å². The number of hydrogen-bond acceptors (Lipinski definition) is 4. The fourth-order valence-corrected chi connectivity index (χ4v) is 2.36. The van der Waals surface area contributed by atoms with Crippen LogP contribution in [0.3, 0.4) is 0 Å². The van der Waals surface area contributed by atoms with E-state index in [4.69, 9.17) is 10.9 Å². The predicted octanol–water partition coefficient (Wildman–Crippen LogP) is 1.24. The lowest BCUT2D eigenvalue weighted by Gasteiger charge is -2.35. The molecule has 1 fully saturated rings. The summed E-state index contributed by atoms with van der Waals surface area (Å²) in [6, 6.07) is 0. The van der Waals surface area contributed by atoms with Crippen molar-refractivity contribution in [2.75, 3.05) is 19.6 Å². The van der Waals surface area contributed by atoms with Gasteiger partial charge in [-0.2, -0.15) is 0 Å². The Morgan fingerprint density at radius 1 is 1.44 bits per heavy atom. The summed E-state index contributed by atoms with van der Waals surface area (Å²) in [5.74, 6) is 0.736. The maximum Gasteiger partial charge on any atom is 0.144 e. The minimum Gasteiger partial charge on any atom is -0.409 e. The lowest BCUT2D eigenvalue weighted by atomic mass is 9.87. The van der Waals surface area contributed by atoms with Gasteiger partial charge in [0, 0.05) is 5.41 Å². The Morgan fingerprint density at radius 3 is 2.44 bits per heavy atom. The largest absolute Gasteiger partial charge is 0.409 e. The highest BCUT2D eigenvalue weighted by molar-refractivity contribution is 5.85. The van der Waals surface area contributed by atoms with Gasteiger partial charge >= 0.3 is 0 Å². The molecule has 18 heavy (non-hydrogen) atoms. The average molecular weight is 257 g/mol. The Bertz CT molecular complexity index is 282. The van der Waals surface area contributed by atoms with Crippen molar-refractivity contribution in [2.45, 2.75) is 46.1 Å². The molecule has 5 nitrogen and oxygen atoms in total. The van der Waals surface area contributed by atoms with Gasteiger partial charge in [0.1, 0.15) is 5.84 Å². The van der Waals surface area contributed by atoms with Gasteiger partial charge in [-0.15, -0.1) is 0 Å². The standard InChI is InChI=1S/C13H27N3O2/c1-10(17)11-4-7-16(8-5-11)9-6-13(2,3)12(14)15-18/h10-11,17-18H,4-9H2,1-3H3,(H2,14,15). The Morgan fingerprint density at radius 2 is 2.00 bits per heavy atom. The summed E-state index contributed by atoms with van der Waals surface area (Å²) in [6.45, 7) is 8.87. The Labute approximate surface area is 110 Å². The van der Waals surface area contributed by atoms with Crippen LogP contribution < -0.4 is 5.73 Å². The molecule has 1 aliphatic heterocycles. The van der Waals surface area contributed by atoms with Crippen LogP contribution in [0.4, 0.5) is 0 Å². The second-order valence-electron chi connectivity index (χ2n) is 6.04. The van der Waals surface area contributed by atoms with E-state index in [1.54, 1.807) is 0 Å². The van der Waals surface area contributed by atoms with E-state index in [0.29, 0.717) is 11.8 Å². The molecule has 1 heterocycles. The van der Waals surface area contributed by atoms with Gasteiger partial charge in [-0.25, -0.2) is 0 Å². The highest BCUT2D eigenvalue weighted by Gasteiger charge is 2.27. The van der Waals surface area contributed by atoms with Crippen LogP contribution in [0.2, 0.25) is 0 Å². The molecule has 0 aromatic rings. The normalized spacial score (nSPS) is 22.1. The third kappa shape index (κ3) is 4.14. The van der Waals surface area contributed by atoms with Gasteiger partial charge in [0.25, 0.3) is 0 Å². The first-order valence-corrected chi connectivity index (χ1v) is 6.75. The van der Waals surface area contributed by atoms with Crippen LogP contribution in [0.25, 0.3) is 0 Å². The van der Waals surface area contributed by atoms with Gasteiger partial charge in [-0.1, -0.05) is 19.0 Å². The molecule has 1 unspecified atom stereocenters. The summed E-state index contributed by atoms with van der Waals surface area (Å²) in [5, 5.41) is 21.4. The molecule has 1 rings (SSSR count). The fourth-order valence-electron chi connectivity index (χ4n) is 2.36. The first-order chi connectivity index (χ1) is 8.36. The van der Waals surface area contributed by atoms with Gasteiger partial charge in [-0.05, 0) is 51.7 Å². The molecule has 0 bridgehead atoms. The van der Waals surface area contributed by atoms with E-state index in [2.05, 4.69) is 10.1 Å². The minimum absolute atomic E-state index is 0.194. The highest BCUT2D eigenvalue weighted by atomic mass is 16.4. The van der Waals surface area contributed by atoms with Crippen molar-refractivity contribution in [3.63, 3.8) is 0 Å². The third-order valence-electron chi connectivity index (χ3n) is 4.17. The Balaban J connectivity index is 2.34. The van der Waals surface area contributed by atoms with Crippen LogP contribution in [0.5, 0.6) is 0 Å². The first kappa shape index (κ1) is 15.2. The third-order valence-corrected chi connectivity index (χ3v) is 4.17. The number of aliphatic hydroxyl groups is 1. The summed E-state index contributed by atoms with van der Waals surface area (Å²) < 4.78 is 0. The van der Waals surface area contributed by atoms with E-state index in [1.165, 1.54) is 0 Å². The van der Waals surface area contributed by atoms with E-state index in [9.17, 15) is 5.11 Å². The molecule has 1 aliphatic rings. The van der Waals surface area contributed by atoms with Gasteiger partial charge in [-0.3, -0.25) is 0 Å². The smallest absolute Gasteiger partial charge is 0.144 e. The van der Waals surface area contributed by atoms with E-state index < -0.39 is 0 Å². The number of nitrogens with zero attached hydrogens (tertiary/aromatic N) is 2. The molecule has 0 aliphatic carbocycles. The quantitative estimate of drug-likeness (QED) is 0.299. The summed E-state index contributed by atoms with van der Waals surface area (Å²) in [6.07, 6.45) is 2.80. The predicted molar refractivity (Wildman–Crippen MR) is 72.7 cm³/mol. The van der Waals surface area contributed by atoms with E-state index in [-0.39, 0.29) is 11.5 Å². The van der Waals surface area contributed by atoms with Crippen LogP contribution in [0, 0.1) is 11.3 Å². The van der Waals surface area contributed by atoms with E-state index in [1.807, 2.05) is 20.8 Å². The lowest BCUT2D eigenvalue weighted by molar-refractivity contribution is 0.0694. The molecule has 0 radical (unpaired) electrons. The summed E-state index contributed by atoms with van der Waals surface area (Å²) in [4.78, 5) is 2.39. The molecule has 1 saturated heterocycles. The average Bonchev–Trinajstić information content (AvgIpc) is 2.35. The van der Waals surface area contributed by atoms with E-state index >= 15 is 0 Å². The zero-order valence-electron chi connectivity index (χ0n) is 11.8. The van der Waals surface area contributed by atoms with Crippen molar-refractivity contribution in [3.05, 3.63) is 0 Å². The molecule has 0 aromatic heterocycles. The van der Waals surface area contributed by atoms with Gasteiger partial charge in [0.05, 0.1) is 6.10 Å². The topological polar surface area (TPSA) is 82.1 Å². The van der Waals surface area contributed by atoms with Crippen molar-refractivity contribution in [1.82, 2.24) is 4.90 Å². The monoisotopic (exact) mass is 257 g/mol. The van der Waals surface area contributed by atoms with Crippen molar-refractivity contribution in [3.8, 4) is 0 Å². The van der Waals surface area contributed by atoms with Gasteiger partial charge in [0.15, 0.2) is 0 Å². The van der Waals surface area contributed by atoms with Crippen LogP contribution in [0.15, 0.2) is 5.16 Å². The summed E-state index contributed by atoms with van der Waals surface area (Å²) in [7, 11) is 0. The fraction of sp³-hybridized carbons (Fsp3) is 0.923. The molecule has 106 valence electrons. The summed E-state index contributed by atoms with van der Waals surface area (Å²) >= 11 is 0. The van der Waals surface area contributed by atoms with Crippen LogP contribution in [-0.4, -0.2) is 46.8 Å². The second-order valence-corrected chi connectivity index (χ2v) is 6.04. The highest BCUT2D eigenvalue weighted by Crippen LogP contribution is 2.24. The molecule has 0 spiro atoms. The maximum absolute atomic E-state index is 9.55. The molecular formula is C13H27N3O2. The van der Waals surface area contributed by atoms with Crippen LogP contribution in [0.1, 0.15) is 40.0 Å². The SMILES string of the molecule is CC(O)C1CCN(CCC(C)(C)C(N)=NO)CC1. The van der Waals surface area contributed by atoms with Gasteiger partial charge < -0.3 is 20.9 Å². The van der Waals surface area contributed by atoms with E-state index in [0.717, 1.165) is 38.9 Å². The number of likely N-dealkylation sites (tertiary alicyclic amines) is 1. The Kier molecular flexibility index (Phi) is 5.41.